The molecular weight excluding hydrogens is 314 g/mol. The van der Waals surface area contributed by atoms with Crippen LogP contribution in [-0.2, 0) is 17.9 Å². The number of nitriles is 1. The summed E-state index contributed by atoms with van der Waals surface area (Å²) in [7, 11) is 1.61. The molecule has 1 amide bonds. The maximum Gasteiger partial charge on any atom is 0.263 e. The van der Waals surface area contributed by atoms with Crippen molar-refractivity contribution in [3.05, 3.63) is 77.0 Å². The molecule has 25 heavy (non-hydrogen) atoms. The first-order chi connectivity index (χ1) is 12.2. The summed E-state index contributed by atoms with van der Waals surface area (Å²) in [6.07, 6.45) is 0. The third kappa shape index (κ3) is 5.11. The number of para-hydroxylation sites is 1. The smallest absolute Gasteiger partial charge is 0.263 e. The number of amides is 1. The molecule has 5 heteroatoms. The molecule has 0 fully saturated rings. The van der Waals surface area contributed by atoms with Gasteiger partial charge in [-0.15, -0.1) is 0 Å². The van der Waals surface area contributed by atoms with Crippen LogP contribution in [0.1, 0.15) is 18.1 Å². The number of hydrogen-bond donors (Lipinski definition) is 2. The summed E-state index contributed by atoms with van der Waals surface area (Å²) >= 11 is 0. The lowest BCUT2D eigenvalue weighted by atomic mass is 10.1. The summed E-state index contributed by atoms with van der Waals surface area (Å²) in [6, 6.07) is 19.1. The average molecular weight is 335 g/mol. The van der Waals surface area contributed by atoms with Crippen molar-refractivity contribution in [3.8, 4) is 11.8 Å². The average Bonchev–Trinajstić information content (AvgIpc) is 2.66. The molecule has 0 bridgehead atoms. The van der Waals surface area contributed by atoms with E-state index < -0.39 is 5.91 Å². The second-order valence-electron chi connectivity index (χ2n) is 5.45. The molecule has 0 heterocycles. The maximum atomic E-state index is 12.3. The fourth-order valence-corrected chi connectivity index (χ4v) is 2.34. The number of carbonyl (C=O) groups excluding carboxylic acids is 1. The van der Waals surface area contributed by atoms with Gasteiger partial charge in [-0.2, -0.15) is 5.26 Å². The van der Waals surface area contributed by atoms with Crippen molar-refractivity contribution in [3.63, 3.8) is 0 Å². The van der Waals surface area contributed by atoms with Crippen LogP contribution in [0, 0.1) is 11.3 Å². The van der Waals surface area contributed by atoms with Gasteiger partial charge in [0, 0.05) is 24.4 Å². The molecule has 0 spiro atoms. The maximum absolute atomic E-state index is 12.3. The molecule has 5 nitrogen and oxygen atoms in total. The molecule has 0 radical (unpaired) electrons. The van der Waals surface area contributed by atoms with E-state index in [1.54, 1.807) is 14.0 Å². The molecule has 0 unspecified atom stereocenters. The zero-order valence-corrected chi connectivity index (χ0v) is 14.4. The number of carbonyl (C=O) groups is 1. The van der Waals surface area contributed by atoms with Crippen molar-refractivity contribution >= 4 is 5.91 Å². The fourth-order valence-electron chi connectivity index (χ4n) is 2.34. The number of ether oxygens (including phenoxy) is 1. The van der Waals surface area contributed by atoms with Crippen molar-refractivity contribution in [2.45, 2.75) is 20.0 Å². The highest BCUT2D eigenvalue weighted by molar-refractivity contribution is 5.97. The van der Waals surface area contributed by atoms with Crippen molar-refractivity contribution in [1.82, 2.24) is 10.6 Å². The van der Waals surface area contributed by atoms with E-state index >= 15 is 0 Å². The van der Waals surface area contributed by atoms with Crippen molar-refractivity contribution in [1.29, 1.82) is 5.26 Å². The molecule has 2 N–H and O–H groups in total. The third-order valence-electron chi connectivity index (χ3n) is 3.75. The molecule has 0 aliphatic rings. The number of methoxy groups -OCH3 is 1. The highest BCUT2D eigenvalue weighted by Gasteiger charge is 2.13. The number of hydrogen-bond acceptors (Lipinski definition) is 4. The molecule has 128 valence electrons. The normalized spacial score (nSPS) is 11.1. The monoisotopic (exact) mass is 335 g/mol. The minimum absolute atomic E-state index is 0.0748. The quantitative estimate of drug-likeness (QED) is 0.603. The van der Waals surface area contributed by atoms with Gasteiger partial charge < -0.3 is 15.4 Å². The van der Waals surface area contributed by atoms with Gasteiger partial charge >= 0.3 is 0 Å². The Balaban J connectivity index is 2.01. The zero-order valence-electron chi connectivity index (χ0n) is 14.4. The van der Waals surface area contributed by atoms with Crippen LogP contribution in [-0.4, -0.2) is 13.0 Å². The first-order valence-corrected chi connectivity index (χ1v) is 7.94. The summed E-state index contributed by atoms with van der Waals surface area (Å²) in [5.41, 5.74) is 2.53. The van der Waals surface area contributed by atoms with Crippen LogP contribution in [0.5, 0.6) is 5.75 Å². The fraction of sp³-hybridized carbons (Fsp3) is 0.200. The van der Waals surface area contributed by atoms with Crippen LogP contribution >= 0.6 is 0 Å². The molecule has 0 aromatic heterocycles. The summed E-state index contributed by atoms with van der Waals surface area (Å²) in [4.78, 5) is 12.3. The van der Waals surface area contributed by atoms with Crippen LogP contribution in [0.3, 0.4) is 0 Å². The summed E-state index contributed by atoms with van der Waals surface area (Å²) < 4.78 is 5.30. The molecule has 0 aliphatic carbocycles. The van der Waals surface area contributed by atoms with E-state index in [4.69, 9.17) is 4.74 Å². The zero-order chi connectivity index (χ0) is 18.1. The summed E-state index contributed by atoms with van der Waals surface area (Å²) in [5.74, 6) is 0.367. The number of rotatable bonds is 7. The van der Waals surface area contributed by atoms with E-state index in [1.165, 1.54) is 0 Å². The highest BCUT2D eigenvalue weighted by Crippen LogP contribution is 2.17. The van der Waals surface area contributed by atoms with E-state index in [0.29, 0.717) is 18.8 Å². The summed E-state index contributed by atoms with van der Waals surface area (Å²) in [5, 5.41) is 15.2. The SMILES string of the molecule is COc1ccccc1CN/C(C)=C(\C#N)C(=O)NCc1ccccc1. The van der Waals surface area contributed by atoms with E-state index in [9.17, 15) is 10.1 Å². The van der Waals surface area contributed by atoms with Crippen molar-refractivity contribution in [2.75, 3.05) is 7.11 Å². The predicted molar refractivity (Wildman–Crippen MR) is 96.4 cm³/mol. The van der Waals surface area contributed by atoms with Gasteiger partial charge in [-0.1, -0.05) is 48.5 Å². The van der Waals surface area contributed by atoms with Crippen molar-refractivity contribution < 1.29 is 9.53 Å². The minimum Gasteiger partial charge on any atom is -0.496 e. The number of benzene rings is 2. The van der Waals surface area contributed by atoms with E-state index in [0.717, 1.165) is 16.9 Å². The largest absolute Gasteiger partial charge is 0.496 e. The molecule has 0 saturated carbocycles. The third-order valence-corrected chi connectivity index (χ3v) is 3.75. The second-order valence-corrected chi connectivity index (χ2v) is 5.45. The molecule has 0 atom stereocenters. The van der Waals surface area contributed by atoms with E-state index in [2.05, 4.69) is 10.6 Å². The first kappa shape index (κ1) is 18.1. The topological polar surface area (TPSA) is 74.1 Å². The van der Waals surface area contributed by atoms with E-state index in [1.807, 2.05) is 60.7 Å². The van der Waals surface area contributed by atoms with Gasteiger partial charge in [0.2, 0.25) is 0 Å². The van der Waals surface area contributed by atoms with Gasteiger partial charge in [-0.05, 0) is 18.6 Å². The lowest BCUT2D eigenvalue weighted by Crippen LogP contribution is -2.27. The molecule has 0 aliphatic heterocycles. The van der Waals surface area contributed by atoms with Gasteiger partial charge in [0.05, 0.1) is 7.11 Å². The molecular formula is C20H21N3O2. The lowest BCUT2D eigenvalue weighted by Gasteiger charge is -2.12. The number of nitrogens with zero attached hydrogens (tertiary/aromatic N) is 1. The molecule has 2 rings (SSSR count). The minimum atomic E-state index is -0.392. The standard InChI is InChI=1S/C20H21N3O2/c1-15(22-14-17-10-6-7-11-19(17)25-2)18(12-21)20(24)23-13-16-8-4-3-5-9-16/h3-11,22H,13-14H2,1-2H3,(H,23,24)/b18-15+. The van der Waals surface area contributed by atoms with Crippen LogP contribution in [0.2, 0.25) is 0 Å². The molecule has 2 aromatic rings. The van der Waals surface area contributed by atoms with Crippen LogP contribution in [0.25, 0.3) is 0 Å². The molecule has 2 aromatic carbocycles. The summed E-state index contributed by atoms with van der Waals surface area (Å²) in [6.45, 7) is 2.56. The van der Waals surface area contributed by atoms with Crippen LogP contribution in [0.15, 0.2) is 65.9 Å². The Morgan fingerprint density at radius 3 is 2.40 bits per heavy atom. The van der Waals surface area contributed by atoms with Gasteiger partial charge in [-0.25, -0.2) is 0 Å². The first-order valence-electron chi connectivity index (χ1n) is 7.94. The highest BCUT2D eigenvalue weighted by atomic mass is 16.5. The Hall–Kier alpha value is -3.26. The lowest BCUT2D eigenvalue weighted by molar-refractivity contribution is -0.117. The van der Waals surface area contributed by atoms with Crippen LogP contribution in [0.4, 0.5) is 0 Å². The van der Waals surface area contributed by atoms with Gasteiger partial charge in [0.25, 0.3) is 5.91 Å². The van der Waals surface area contributed by atoms with Crippen LogP contribution < -0.4 is 15.4 Å². The predicted octanol–water partition coefficient (Wildman–Crippen LogP) is 2.90. The second kappa shape index (κ2) is 9.14. The molecule has 0 saturated heterocycles. The number of allylic oxidation sites excluding steroid dienone is 1. The van der Waals surface area contributed by atoms with E-state index in [-0.39, 0.29) is 5.57 Å². The number of nitrogens with one attached hydrogen (secondary N) is 2. The Labute approximate surface area is 147 Å². The van der Waals surface area contributed by atoms with Crippen molar-refractivity contribution in [2.24, 2.45) is 0 Å². The Morgan fingerprint density at radius 1 is 1.04 bits per heavy atom. The Morgan fingerprint density at radius 2 is 1.72 bits per heavy atom. The Bertz CT molecular complexity index is 792. The van der Waals surface area contributed by atoms with Gasteiger partial charge in [-0.3, -0.25) is 4.79 Å². The van der Waals surface area contributed by atoms with Gasteiger partial charge in [0.15, 0.2) is 0 Å². The Kier molecular flexibility index (Phi) is 6.61. The van der Waals surface area contributed by atoms with Gasteiger partial charge in [0.1, 0.15) is 17.4 Å².